The van der Waals surface area contributed by atoms with E-state index in [1.807, 2.05) is 0 Å². The second-order valence-corrected chi connectivity index (χ2v) is 6.86. The van der Waals surface area contributed by atoms with E-state index >= 15 is 0 Å². The van der Waals surface area contributed by atoms with Crippen molar-refractivity contribution in [2.45, 2.75) is 11.4 Å². The number of carboxylic acid groups (broad SMARTS) is 1. The van der Waals surface area contributed by atoms with Crippen LogP contribution in [0.3, 0.4) is 0 Å². The first-order valence-electron chi connectivity index (χ1n) is 5.30. The van der Waals surface area contributed by atoms with Crippen molar-refractivity contribution in [1.82, 2.24) is 9.71 Å². The summed E-state index contributed by atoms with van der Waals surface area (Å²) in [6.07, 6.45) is 1.47. The molecule has 0 spiro atoms. The van der Waals surface area contributed by atoms with Crippen molar-refractivity contribution < 1.29 is 18.3 Å². The zero-order valence-corrected chi connectivity index (χ0v) is 12.3. The second-order valence-electron chi connectivity index (χ2n) is 3.74. The minimum Gasteiger partial charge on any atom is -0.477 e. The van der Waals surface area contributed by atoms with Crippen LogP contribution in [0.2, 0.25) is 5.02 Å². The number of nitrogens with zero attached hydrogens (tertiary/aromatic N) is 1. The van der Waals surface area contributed by atoms with Crippen molar-refractivity contribution in [2.75, 3.05) is 0 Å². The topological polar surface area (TPSA) is 96.4 Å². The van der Waals surface area contributed by atoms with E-state index in [1.54, 1.807) is 12.1 Å². The monoisotopic (exact) mass is 332 g/mol. The Labute approximate surface area is 124 Å². The van der Waals surface area contributed by atoms with Crippen LogP contribution in [0, 0.1) is 0 Å². The molecule has 0 aliphatic carbocycles. The van der Waals surface area contributed by atoms with Crippen molar-refractivity contribution >= 4 is 38.9 Å². The summed E-state index contributed by atoms with van der Waals surface area (Å²) in [4.78, 5) is 14.6. The fourth-order valence-corrected chi connectivity index (χ4v) is 3.66. The van der Waals surface area contributed by atoms with Crippen molar-refractivity contribution in [1.29, 1.82) is 0 Å². The van der Waals surface area contributed by atoms with Crippen LogP contribution in [0.15, 0.2) is 34.7 Å². The van der Waals surface area contributed by atoms with E-state index in [9.17, 15) is 13.2 Å². The minimum atomic E-state index is -3.77. The molecule has 0 fully saturated rings. The molecule has 0 atom stereocenters. The number of sulfonamides is 1. The minimum absolute atomic E-state index is 0.0266. The first-order chi connectivity index (χ1) is 9.38. The molecular formula is C11H9ClN2O4S2. The summed E-state index contributed by atoms with van der Waals surface area (Å²) >= 11 is 6.62. The van der Waals surface area contributed by atoms with Gasteiger partial charge in [-0.2, -0.15) is 0 Å². The first kappa shape index (κ1) is 14.9. The molecule has 0 bridgehead atoms. The molecule has 0 saturated heterocycles. The van der Waals surface area contributed by atoms with Gasteiger partial charge < -0.3 is 5.11 Å². The molecule has 0 unspecified atom stereocenters. The van der Waals surface area contributed by atoms with Crippen LogP contribution in [0.1, 0.15) is 15.4 Å². The van der Waals surface area contributed by atoms with Gasteiger partial charge in [-0.3, -0.25) is 4.98 Å². The van der Waals surface area contributed by atoms with Crippen LogP contribution in [0.4, 0.5) is 0 Å². The van der Waals surface area contributed by atoms with E-state index in [2.05, 4.69) is 9.71 Å². The summed E-state index contributed by atoms with van der Waals surface area (Å²) in [6, 6.07) is 4.23. The number of hydrogen-bond donors (Lipinski definition) is 2. The fourth-order valence-electron chi connectivity index (χ4n) is 1.37. The number of pyridine rings is 1. The highest BCUT2D eigenvalue weighted by Gasteiger charge is 2.18. The third-order valence-electron chi connectivity index (χ3n) is 2.32. The molecule has 106 valence electrons. The van der Waals surface area contributed by atoms with E-state index in [0.29, 0.717) is 10.7 Å². The van der Waals surface area contributed by atoms with Gasteiger partial charge in [-0.05, 0) is 18.2 Å². The van der Waals surface area contributed by atoms with Crippen LogP contribution < -0.4 is 4.72 Å². The lowest BCUT2D eigenvalue weighted by molar-refractivity contribution is 0.0702. The number of carboxylic acids is 1. The third kappa shape index (κ3) is 3.54. The summed E-state index contributed by atoms with van der Waals surface area (Å²) in [5, 5.41) is 10.5. The van der Waals surface area contributed by atoms with Crippen molar-refractivity contribution in [3.63, 3.8) is 0 Å². The Morgan fingerprint density at radius 3 is 2.80 bits per heavy atom. The summed E-state index contributed by atoms with van der Waals surface area (Å²) in [5.74, 6) is -1.16. The highest BCUT2D eigenvalue weighted by Crippen LogP contribution is 2.19. The van der Waals surface area contributed by atoms with Gasteiger partial charge in [-0.1, -0.05) is 11.6 Å². The molecule has 0 aliphatic rings. The maximum absolute atomic E-state index is 12.0. The van der Waals surface area contributed by atoms with Crippen LogP contribution in [-0.2, 0) is 16.6 Å². The molecular weight excluding hydrogens is 324 g/mol. The molecule has 0 radical (unpaired) electrons. The molecule has 0 saturated carbocycles. The van der Waals surface area contributed by atoms with Gasteiger partial charge in [0.2, 0.25) is 10.0 Å². The number of halogens is 1. The summed E-state index contributed by atoms with van der Waals surface area (Å²) in [6.45, 7) is -0.0266. The number of thiophene rings is 1. The lowest BCUT2D eigenvalue weighted by Gasteiger charge is -2.04. The number of carbonyl (C=O) groups is 1. The van der Waals surface area contributed by atoms with Crippen molar-refractivity contribution in [2.24, 2.45) is 0 Å². The quantitative estimate of drug-likeness (QED) is 0.872. The Morgan fingerprint density at radius 2 is 2.20 bits per heavy atom. The molecule has 0 aromatic carbocycles. The van der Waals surface area contributed by atoms with Gasteiger partial charge in [0, 0.05) is 16.6 Å². The molecule has 0 amide bonds. The zero-order chi connectivity index (χ0) is 14.8. The second kappa shape index (κ2) is 5.88. The lowest BCUT2D eigenvalue weighted by Crippen LogP contribution is -2.23. The predicted octanol–water partition coefficient (Wildman–Crippen LogP) is 1.97. The number of rotatable bonds is 5. The summed E-state index contributed by atoms with van der Waals surface area (Å²) in [7, 11) is -3.77. The average molecular weight is 333 g/mol. The van der Waals surface area contributed by atoms with Gasteiger partial charge in [0.25, 0.3) is 0 Å². The van der Waals surface area contributed by atoms with Crippen LogP contribution in [0.25, 0.3) is 0 Å². The molecule has 2 rings (SSSR count). The van der Waals surface area contributed by atoms with E-state index in [4.69, 9.17) is 16.7 Å². The largest absolute Gasteiger partial charge is 0.477 e. The van der Waals surface area contributed by atoms with Gasteiger partial charge in [0.15, 0.2) is 0 Å². The average Bonchev–Trinajstić information content (AvgIpc) is 2.87. The smallest absolute Gasteiger partial charge is 0.345 e. The van der Waals surface area contributed by atoms with Gasteiger partial charge in [-0.15, -0.1) is 11.3 Å². The van der Waals surface area contributed by atoms with Crippen molar-refractivity contribution in [3.8, 4) is 0 Å². The molecule has 2 aromatic heterocycles. The zero-order valence-electron chi connectivity index (χ0n) is 9.91. The maximum Gasteiger partial charge on any atom is 0.345 e. The van der Waals surface area contributed by atoms with Crippen LogP contribution in [0.5, 0.6) is 0 Å². The highest BCUT2D eigenvalue weighted by atomic mass is 35.5. The first-order valence-corrected chi connectivity index (χ1v) is 8.04. The van der Waals surface area contributed by atoms with Gasteiger partial charge in [0.1, 0.15) is 4.88 Å². The Kier molecular flexibility index (Phi) is 4.39. The molecule has 0 aliphatic heterocycles. The summed E-state index contributed by atoms with van der Waals surface area (Å²) in [5.41, 5.74) is 0.467. The molecule has 20 heavy (non-hydrogen) atoms. The maximum atomic E-state index is 12.0. The predicted molar refractivity (Wildman–Crippen MR) is 74.6 cm³/mol. The fraction of sp³-hybridized carbons (Fsp3) is 0.0909. The third-order valence-corrected chi connectivity index (χ3v) is 5.00. The van der Waals surface area contributed by atoms with E-state index < -0.39 is 16.0 Å². The Bertz CT molecular complexity index is 742. The summed E-state index contributed by atoms with van der Waals surface area (Å²) < 4.78 is 26.3. The Hall–Kier alpha value is -1.48. The molecule has 6 nitrogen and oxygen atoms in total. The van der Waals surface area contributed by atoms with E-state index in [0.717, 1.165) is 17.4 Å². The molecule has 9 heteroatoms. The SMILES string of the molecule is O=C(O)c1cc(S(=O)(=O)NCc2cc(Cl)ccn2)cs1. The van der Waals surface area contributed by atoms with E-state index in [-0.39, 0.29) is 16.3 Å². The number of hydrogen-bond acceptors (Lipinski definition) is 5. The molecule has 2 N–H and O–H groups in total. The van der Waals surface area contributed by atoms with E-state index in [1.165, 1.54) is 11.6 Å². The highest BCUT2D eigenvalue weighted by molar-refractivity contribution is 7.89. The molecule has 2 aromatic rings. The number of aromatic carboxylic acids is 1. The van der Waals surface area contributed by atoms with Gasteiger partial charge in [0.05, 0.1) is 17.1 Å². The normalized spacial score (nSPS) is 11.4. The lowest BCUT2D eigenvalue weighted by atomic mass is 10.3. The standard InChI is InChI=1S/C11H9ClN2O4S2/c12-7-1-2-13-8(3-7)5-14-20(17,18)9-4-10(11(15)16)19-6-9/h1-4,6,14H,5H2,(H,15,16). The Morgan fingerprint density at radius 1 is 1.45 bits per heavy atom. The molecule has 2 heterocycles. The van der Waals surface area contributed by atoms with Crippen molar-refractivity contribution in [3.05, 3.63) is 45.4 Å². The number of nitrogens with one attached hydrogen (secondary N) is 1. The van der Waals surface area contributed by atoms with Gasteiger partial charge in [-0.25, -0.2) is 17.9 Å². The van der Waals surface area contributed by atoms with Crippen LogP contribution >= 0.6 is 22.9 Å². The number of aromatic nitrogens is 1. The van der Waals surface area contributed by atoms with Gasteiger partial charge >= 0.3 is 5.97 Å². The Balaban J connectivity index is 2.12. The van der Waals surface area contributed by atoms with Crippen LogP contribution in [-0.4, -0.2) is 24.5 Å².